The predicted octanol–water partition coefficient (Wildman–Crippen LogP) is 7.19. The summed E-state index contributed by atoms with van der Waals surface area (Å²) >= 11 is 0. The first-order valence-electron chi connectivity index (χ1n) is 13.5. The van der Waals surface area contributed by atoms with Crippen LogP contribution in [0.5, 0.6) is 0 Å². The van der Waals surface area contributed by atoms with E-state index in [9.17, 15) is 0 Å². The van der Waals surface area contributed by atoms with Gasteiger partial charge < -0.3 is 0 Å². The molecule has 9 unspecified atom stereocenters. The first-order valence-corrected chi connectivity index (χ1v) is 13.5. The van der Waals surface area contributed by atoms with Crippen LogP contribution in [0.1, 0.15) is 97.0 Å². The summed E-state index contributed by atoms with van der Waals surface area (Å²) in [7, 11) is 0. The van der Waals surface area contributed by atoms with Crippen LogP contribution in [0.3, 0.4) is 0 Å². The lowest BCUT2D eigenvalue weighted by molar-refractivity contribution is -0.121. The summed E-state index contributed by atoms with van der Waals surface area (Å²) in [4.78, 5) is 0. The largest absolute Gasteiger partial charge is 0.271 e. The molecule has 1 aromatic rings. The van der Waals surface area contributed by atoms with Gasteiger partial charge >= 0.3 is 0 Å². The Morgan fingerprint density at radius 1 is 1.13 bits per heavy atom. The zero-order valence-electron chi connectivity index (χ0n) is 20.2. The van der Waals surface area contributed by atoms with Crippen molar-refractivity contribution in [1.82, 2.24) is 9.78 Å². The van der Waals surface area contributed by atoms with Crippen LogP contribution in [0, 0.1) is 65.1 Å². The molecule has 5 rings (SSSR count). The Kier molecular flexibility index (Phi) is 6.00. The molecule has 0 aliphatic heterocycles. The molecule has 2 nitrogen and oxygen atoms in total. The summed E-state index contributed by atoms with van der Waals surface area (Å²) in [5.41, 5.74) is 1.45. The molecule has 4 aliphatic carbocycles. The van der Waals surface area contributed by atoms with E-state index in [2.05, 4.69) is 42.7 Å². The third kappa shape index (κ3) is 3.79. The van der Waals surface area contributed by atoms with Crippen molar-refractivity contribution in [3.8, 4) is 12.3 Å². The number of aromatic nitrogens is 2. The molecule has 4 aliphatic rings. The van der Waals surface area contributed by atoms with Crippen molar-refractivity contribution in [3.63, 3.8) is 0 Å². The summed E-state index contributed by atoms with van der Waals surface area (Å²) in [6.45, 7) is 8.63. The summed E-state index contributed by atoms with van der Waals surface area (Å²) < 4.78 is 2.11. The highest BCUT2D eigenvalue weighted by atomic mass is 15.3. The fourth-order valence-corrected chi connectivity index (χ4v) is 9.46. The molecule has 9 atom stereocenters. The highest BCUT2D eigenvalue weighted by Crippen LogP contribution is 2.64. The van der Waals surface area contributed by atoms with Crippen LogP contribution < -0.4 is 0 Å². The summed E-state index contributed by atoms with van der Waals surface area (Å²) in [5, 5.41) is 4.55. The van der Waals surface area contributed by atoms with Gasteiger partial charge in [-0.3, -0.25) is 4.68 Å². The molecule has 0 radical (unpaired) electrons. The Labute approximate surface area is 191 Å². The van der Waals surface area contributed by atoms with Gasteiger partial charge in [-0.1, -0.05) is 46.0 Å². The molecule has 0 N–H and O–H groups in total. The van der Waals surface area contributed by atoms with E-state index in [4.69, 9.17) is 6.42 Å². The topological polar surface area (TPSA) is 17.8 Å². The minimum atomic E-state index is 0.536. The Morgan fingerprint density at radius 3 is 2.74 bits per heavy atom. The van der Waals surface area contributed by atoms with Crippen LogP contribution in [-0.2, 0) is 6.54 Å². The van der Waals surface area contributed by atoms with Crippen LogP contribution in [-0.4, -0.2) is 9.78 Å². The van der Waals surface area contributed by atoms with Crippen molar-refractivity contribution in [2.24, 2.45) is 52.8 Å². The van der Waals surface area contributed by atoms with Gasteiger partial charge in [0.05, 0.1) is 11.8 Å². The fraction of sp³-hybridized carbons (Fsp3) is 0.828. The van der Waals surface area contributed by atoms with E-state index < -0.39 is 0 Å². The zero-order valence-corrected chi connectivity index (χ0v) is 20.2. The molecular weight excluding hydrogens is 376 g/mol. The molecule has 4 saturated carbocycles. The summed E-state index contributed by atoms with van der Waals surface area (Å²) in [5.74, 6) is 10.4. The normalized spacial score (nSPS) is 43.2. The van der Waals surface area contributed by atoms with Gasteiger partial charge in [0, 0.05) is 12.7 Å². The number of fused-ring (bicyclic) bond motifs is 5. The number of hydrogen-bond acceptors (Lipinski definition) is 1. The molecule has 1 heterocycles. The molecule has 4 fully saturated rings. The fourth-order valence-electron chi connectivity index (χ4n) is 9.46. The molecule has 31 heavy (non-hydrogen) atoms. The van der Waals surface area contributed by atoms with Crippen molar-refractivity contribution < 1.29 is 0 Å². The van der Waals surface area contributed by atoms with E-state index in [1.54, 1.807) is 12.8 Å². The number of nitrogens with zero attached hydrogens (tertiary/aromatic N) is 2. The third-order valence-corrected chi connectivity index (χ3v) is 10.9. The number of hydrogen-bond donors (Lipinski definition) is 0. The van der Waals surface area contributed by atoms with Crippen LogP contribution in [0.25, 0.3) is 0 Å². The Balaban J connectivity index is 1.31. The van der Waals surface area contributed by atoms with Crippen molar-refractivity contribution in [3.05, 3.63) is 18.0 Å². The Bertz CT molecular complexity index is 802. The second kappa shape index (κ2) is 8.61. The van der Waals surface area contributed by atoms with Gasteiger partial charge in [-0.25, -0.2) is 0 Å². The first-order chi connectivity index (χ1) is 15.0. The molecule has 0 spiro atoms. The molecule has 0 aromatic carbocycles. The SMILES string of the molecule is C#Cc1cnn(CC(C)C2CCCC3C4CCC5CC(CC)CCC5C4CCC23C)c1. The van der Waals surface area contributed by atoms with E-state index in [1.807, 2.05) is 6.20 Å². The molecule has 170 valence electrons. The molecule has 0 saturated heterocycles. The van der Waals surface area contributed by atoms with Crippen LogP contribution in [0.15, 0.2) is 12.4 Å². The maximum absolute atomic E-state index is 5.57. The van der Waals surface area contributed by atoms with Gasteiger partial charge in [-0.2, -0.15) is 5.10 Å². The second-order valence-electron chi connectivity index (χ2n) is 12.2. The second-order valence-corrected chi connectivity index (χ2v) is 12.2. The van der Waals surface area contributed by atoms with Crippen LogP contribution in [0.4, 0.5) is 0 Å². The smallest absolute Gasteiger partial charge is 0.0646 e. The molecule has 0 amide bonds. The molecular formula is C29H44N2. The average molecular weight is 421 g/mol. The lowest BCUT2D eigenvalue weighted by atomic mass is 9.44. The van der Waals surface area contributed by atoms with E-state index in [0.717, 1.165) is 53.5 Å². The number of terminal acetylenes is 1. The molecule has 1 aromatic heterocycles. The quantitative estimate of drug-likeness (QED) is 0.471. The average Bonchev–Trinajstić information content (AvgIpc) is 3.24. The Hall–Kier alpha value is -1.23. The first kappa shape index (κ1) is 21.6. The zero-order chi connectivity index (χ0) is 21.6. The van der Waals surface area contributed by atoms with Gasteiger partial charge in [-0.05, 0) is 104 Å². The van der Waals surface area contributed by atoms with Crippen molar-refractivity contribution >= 4 is 0 Å². The van der Waals surface area contributed by atoms with E-state index in [0.29, 0.717) is 11.3 Å². The van der Waals surface area contributed by atoms with E-state index >= 15 is 0 Å². The van der Waals surface area contributed by atoms with Crippen LogP contribution in [0.2, 0.25) is 0 Å². The Morgan fingerprint density at radius 2 is 1.97 bits per heavy atom. The van der Waals surface area contributed by atoms with Crippen molar-refractivity contribution in [1.29, 1.82) is 0 Å². The summed E-state index contributed by atoms with van der Waals surface area (Å²) in [6, 6.07) is 0. The molecule has 2 heteroatoms. The van der Waals surface area contributed by atoms with Gasteiger partial charge in [0.15, 0.2) is 0 Å². The highest BCUT2D eigenvalue weighted by molar-refractivity contribution is 5.26. The van der Waals surface area contributed by atoms with Gasteiger partial charge in [0.2, 0.25) is 0 Å². The van der Waals surface area contributed by atoms with E-state index in [1.165, 1.54) is 57.8 Å². The standard InChI is InChI=1S/C29H44N2/c1-5-21-10-12-24-23(16-21)11-13-26-25(24)14-15-29(4)27(8-7-9-28(26)29)20(3)18-31-19-22(6-2)17-30-31/h2,17,19-21,23-28H,5,7-16,18H2,1,3-4H3. The maximum Gasteiger partial charge on any atom is 0.0646 e. The van der Waals surface area contributed by atoms with Crippen molar-refractivity contribution in [2.75, 3.05) is 0 Å². The third-order valence-electron chi connectivity index (χ3n) is 10.9. The van der Waals surface area contributed by atoms with Crippen molar-refractivity contribution in [2.45, 2.75) is 97.9 Å². The summed E-state index contributed by atoms with van der Waals surface area (Å²) in [6.07, 6.45) is 25.9. The molecule has 0 bridgehead atoms. The lowest BCUT2D eigenvalue weighted by Gasteiger charge is -2.61. The minimum Gasteiger partial charge on any atom is -0.271 e. The monoisotopic (exact) mass is 420 g/mol. The lowest BCUT2D eigenvalue weighted by Crippen LogP contribution is -2.54. The van der Waals surface area contributed by atoms with Gasteiger partial charge in [0.1, 0.15) is 0 Å². The predicted molar refractivity (Wildman–Crippen MR) is 128 cm³/mol. The van der Waals surface area contributed by atoms with E-state index in [-0.39, 0.29) is 0 Å². The minimum absolute atomic E-state index is 0.536. The van der Waals surface area contributed by atoms with Gasteiger partial charge in [-0.15, -0.1) is 6.42 Å². The van der Waals surface area contributed by atoms with Gasteiger partial charge in [0.25, 0.3) is 0 Å². The maximum atomic E-state index is 5.57. The van der Waals surface area contributed by atoms with Crippen LogP contribution >= 0.6 is 0 Å². The highest BCUT2D eigenvalue weighted by Gasteiger charge is 2.56. The number of rotatable bonds is 4.